The maximum atomic E-state index is 13.2. The van der Waals surface area contributed by atoms with Gasteiger partial charge in [-0.05, 0) is 55.5 Å². The molecule has 1 aliphatic rings. The minimum atomic E-state index is 0.115. The van der Waals surface area contributed by atoms with E-state index in [1.807, 2.05) is 49.1 Å². The summed E-state index contributed by atoms with van der Waals surface area (Å²) >= 11 is 1.79. The fraction of sp³-hybridized carbons (Fsp3) is 0.286. The molecule has 26 heavy (non-hydrogen) atoms. The van der Waals surface area contributed by atoms with Gasteiger partial charge in [0.2, 0.25) is 0 Å². The molecule has 1 aromatic carbocycles. The lowest BCUT2D eigenvalue weighted by atomic mass is 10.1. The Labute approximate surface area is 157 Å². The number of nitrogens with zero attached hydrogens (tertiary/aromatic N) is 2. The Morgan fingerprint density at radius 2 is 2.04 bits per heavy atom. The van der Waals surface area contributed by atoms with Crippen LogP contribution in [-0.2, 0) is 13.0 Å². The molecule has 1 aliphatic heterocycles. The number of aryl methyl sites for hydroxylation is 1. The van der Waals surface area contributed by atoms with Crippen LogP contribution in [0.25, 0.3) is 5.69 Å². The van der Waals surface area contributed by atoms with Crippen LogP contribution in [0.4, 0.5) is 0 Å². The molecule has 3 aromatic rings. The predicted molar refractivity (Wildman–Crippen MR) is 105 cm³/mol. The Hall–Kier alpha value is -2.53. The molecule has 4 rings (SSSR count). The summed E-state index contributed by atoms with van der Waals surface area (Å²) in [5.41, 5.74) is 5.10. The van der Waals surface area contributed by atoms with E-state index in [-0.39, 0.29) is 5.91 Å². The lowest BCUT2D eigenvalue weighted by Gasteiger charge is -2.27. The maximum absolute atomic E-state index is 13.2. The minimum absolute atomic E-state index is 0.115. The summed E-state index contributed by atoms with van der Waals surface area (Å²) in [7, 11) is 1.67. The SMILES string of the molecule is COc1cccc(-n2c(C)cc(C(=O)N3CCc4sccc4C3)c2C)c1. The lowest BCUT2D eigenvalue weighted by molar-refractivity contribution is 0.0735. The molecule has 4 nitrogen and oxygen atoms in total. The molecule has 0 saturated heterocycles. The minimum Gasteiger partial charge on any atom is -0.497 e. The van der Waals surface area contributed by atoms with Crippen molar-refractivity contribution in [3.8, 4) is 11.4 Å². The molecule has 0 spiro atoms. The van der Waals surface area contributed by atoms with Gasteiger partial charge < -0.3 is 14.2 Å². The normalized spacial score (nSPS) is 13.6. The predicted octanol–water partition coefficient (Wildman–Crippen LogP) is 4.36. The number of hydrogen-bond acceptors (Lipinski definition) is 3. The van der Waals surface area contributed by atoms with Crippen LogP contribution < -0.4 is 4.74 Å². The van der Waals surface area contributed by atoms with E-state index in [9.17, 15) is 4.79 Å². The van der Waals surface area contributed by atoms with Crippen molar-refractivity contribution in [1.82, 2.24) is 9.47 Å². The highest BCUT2D eigenvalue weighted by Gasteiger charge is 2.25. The second-order valence-corrected chi connectivity index (χ2v) is 7.67. The Morgan fingerprint density at radius 3 is 2.85 bits per heavy atom. The van der Waals surface area contributed by atoms with E-state index in [1.54, 1.807) is 18.4 Å². The van der Waals surface area contributed by atoms with Crippen LogP contribution in [0.3, 0.4) is 0 Å². The van der Waals surface area contributed by atoms with Crippen LogP contribution in [-0.4, -0.2) is 29.0 Å². The zero-order valence-corrected chi connectivity index (χ0v) is 16.1. The summed E-state index contributed by atoms with van der Waals surface area (Å²) < 4.78 is 7.46. The van der Waals surface area contributed by atoms with Gasteiger partial charge in [0.15, 0.2) is 0 Å². The van der Waals surface area contributed by atoms with E-state index in [0.717, 1.165) is 41.4 Å². The highest BCUT2D eigenvalue weighted by Crippen LogP contribution is 2.28. The molecule has 0 saturated carbocycles. The third-order valence-corrected chi connectivity index (χ3v) is 6.09. The number of rotatable bonds is 3. The Bertz CT molecular complexity index is 970. The quantitative estimate of drug-likeness (QED) is 0.690. The van der Waals surface area contributed by atoms with Gasteiger partial charge in [-0.1, -0.05) is 6.07 Å². The molecule has 0 atom stereocenters. The van der Waals surface area contributed by atoms with Crippen molar-refractivity contribution >= 4 is 17.2 Å². The van der Waals surface area contributed by atoms with E-state index in [4.69, 9.17) is 4.74 Å². The smallest absolute Gasteiger partial charge is 0.256 e. The Balaban J connectivity index is 1.67. The molecule has 2 aromatic heterocycles. The van der Waals surface area contributed by atoms with Crippen molar-refractivity contribution < 1.29 is 9.53 Å². The summed E-state index contributed by atoms with van der Waals surface area (Å²) in [5.74, 6) is 0.924. The molecule has 0 fully saturated rings. The first-order valence-electron chi connectivity index (χ1n) is 8.76. The number of amides is 1. The topological polar surface area (TPSA) is 34.5 Å². The first kappa shape index (κ1) is 16.9. The van der Waals surface area contributed by atoms with Crippen molar-refractivity contribution in [3.63, 3.8) is 0 Å². The molecule has 3 heterocycles. The number of fused-ring (bicyclic) bond motifs is 1. The number of ether oxygens (including phenoxy) is 1. The van der Waals surface area contributed by atoms with E-state index >= 15 is 0 Å². The average molecular weight is 366 g/mol. The van der Waals surface area contributed by atoms with Crippen molar-refractivity contribution in [2.75, 3.05) is 13.7 Å². The van der Waals surface area contributed by atoms with Crippen LogP contribution in [0.2, 0.25) is 0 Å². The molecule has 0 aliphatic carbocycles. The van der Waals surface area contributed by atoms with Crippen molar-refractivity contribution in [2.24, 2.45) is 0 Å². The summed E-state index contributed by atoms with van der Waals surface area (Å²) in [5, 5.41) is 2.12. The molecule has 5 heteroatoms. The van der Waals surface area contributed by atoms with Crippen molar-refractivity contribution in [3.05, 3.63) is 69.2 Å². The van der Waals surface area contributed by atoms with Gasteiger partial charge in [-0.15, -0.1) is 11.3 Å². The van der Waals surface area contributed by atoms with E-state index in [2.05, 4.69) is 16.0 Å². The van der Waals surface area contributed by atoms with Gasteiger partial charge in [-0.2, -0.15) is 0 Å². The van der Waals surface area contributed by atoms with Gasteiger partial charge in [-0.3, -0.25) is 4.79 Å². The van der Waals surface area contributed by atoms with E-state index < -0.39 is 0 Å². The van der Waals surface area contributed by atoms with Crippen LogP contribution in [0.1, 0.15) is 32.2 Å². The largest absolute Gasteiger partial charge is 0.497 e. The molecule has 0 unspecified atom stereocenters. The van der Waals surface area contributed by atoms with Gasteiger partial charge in [0.05, 0.1) is 12.7 Å². The van der Waals surface area contributed by atoms with Gasteiger partial charge >= 0.3 is 0 Å². The third-order valence-electron chi connectivity index (χ3n) is 5.07. The van der Waals surface area contributed by atoms with Crippen LogP contribution in [0.15, 0.2) is 41.8 Å². The maximum Gasteiger partial charge on any atom is 0.256 e. The fourth-order valence-corrected chi connectivity index (χ4v) is 4.61. The molecule has 0 bridgehead atoms. The van der Waals surface area contributed by atoms with Gasteiger partial charge in [0.1, 0.15) is 5.75 Å². The molecule has 134 valence electrons. The Morgan fingerprint density at radius 1 is 1.19 bits per heavy atom. The highest BCUT2D eigenvalue weighted by molar-refractivity contribution is 7.10. The van der Waals surface area contributed by atoms with Crippen LogP contribution >= 0.6 is 11.3 Å². The standard InChI is InChI=1S/C21H22N2O2S/c1-14-11-19(15(2)23(14)17-5-4-6-18(12-17)25-3)21(24)22-9-7-20-16(13-22)8-10-26-20/h4-6,8,10-12H,7,9,13H2,1-3H3. The zero-order chi connectivity index (χ0) is 18.3. The van der Waals surface area contributed by atoms with Gasteiger partial charge in [0, 0.05) is 41.1 Å². The zero-order valence-electron chi connectivity index (χ0n) is 15.3. The summed E-state index contributed by atoms with van der Waals surface area (Å²) in [6.45, 7) is 5.55. The van der Waals surface area contributed by atoms with E-state index in [1.165, 1.54) is 10.4 Å². The number of methoxy groups -OCH3 is 1. The number of aromatic nitrogens is 1. The van der Waals surface area contributed by atoms with Gasteiger partial charge in [-0.25, -0.2) is 0 Å². The first-order valence-corrected chi connectivity index (χ1v) is 9.64. The number of hydrogen-bond donors (Lipinski definition) is 0. The van der Waals surface area contributed by atoms with E-state index in [0.29, 0.717) is 6.54 Å². The Kier molecular flexibility index (Phi) is 4.32. The lowest BCUT2D eigenvalue weighted by Crippen LogP contribution is -2.35. The molecule has 0 N–H and O–H groups in total. The number of carbonyl (C=O) groups is 1. The molecular weight excluding hydrogens is 344 g/mol. The van der Waals surface area contributed by atoms with Crippen LogP contribution in [0, 0.1) is 13.8 Å². The molecule has 0 radical (unpaired) electrons. The monoisotopic (exact) mass is 366 g/mol. The number of benzene rings is 1. The van der Waals surface area contributed by atoms with Gasteiger partial charge in [0.25, 0.3) is 5.91 Å². The van der Waals surface area contributed by atoms with Crippen LogP contribution in [0.5, 0.6) is 5.75 Å². The summed E-state index contributed by atoms with van der Waals surface area (Å²) in [6, 6.07) is 12.1. The first-order chi connectivity index (χ1) is 12.6. The van der Waals surface area contributed by atoms with Crippen molar-refractivity contribution in [1.29, 1.82) is 0 Å². The molecular formula is C21H22N2O2S. The average Bonchev–Trinajstić information content (AvgIpc) is 3.24. The summed E-state index contributed by atoms with van der Waals surface area (Å²) in [4.78, 5) is 16.5. The van der Waals surface area contributed by atoms with Crippen molar-refractivity contribution in [2.45, 2.75) is 26.8 Å². The third kappa shape index (κ3) is 2.82. The second-order valence-electron chi connectivity index (χ2n) is 6.67. The number of thiophene rings is 1. The fourth-order valence-electron chi connectivity index (χ4n) is 3.72. The molecule has 1 amide bonds. The second kappa shape index (κ2) is 6.65. The highest BCUT2D eigenvalue weighted by atomic mass is 32.1. The number of carbonyl (C=O) groups excluding carboxylic acids is 1. The summed E-state index contributed by atoms with van der Waals surface area (Å²) in [6.07, 6.45) is 0.952.